The van der Waals surface area contributed by atoms with Gasteiger partial charge in [0.05, 0.1) is 11.9 Å². The van der Waals surface area contributed by atoms with Crippen LogP contribution >= 0.6 is 0 Å². The standard InChI is InChI=1S/C16H14N4O3S/c1-20-9-12(13-8-14-16(19-13)18-6-5-17-14)11-7-10(3-4-15(11)20)23-24(2,21)22/h3-9H,1-2H3,(H,18,19). The fraction of sp³-hybridized carbons (Fsp3) is 0.125. The van der Waals surface area contributed by atoms with Gasteiger partial charge in [-0.2, -0.15) is 8.42 Å². The molecule has 3 heterocycles. The summed E-state index contributed by atoms with van der Waals surface area (Å²) in [5, 5.41) is 0.880. The molecular formula is C16H14N4O3S. The Kier molecular flexibility index (Phi) is 3.10. The van der Waals surface area contributed by atoms with Crippen molar-refractivity contribution in [2.75, 3.05) is 6.26 Å². The molecule has 1 N–H and O–H groups in total. The van der Waals surface area contributed by atoms with Crippen molar-refractivity contribution in [2.45, 2.75) is 0 Å². The molecule has 0 fully saturated rings. The normalized spacial score (nSPS) is 12.1. The molecule has 7 nitrogen and oxygen atoms in total. The maximum absolute atomic E-state index is 11.4. The van der Waals surface area contributed by atoms with Gasteiger partial charge in [0.2, 0.25) is 0 Å². The van der Waals surface area contributed by atoms with Crippen LogP contribution < -0.4 is 4.18 Å². The lowest BCUT2D eigenvalue weighted by Gasteiger charge is -2.04. The molecule has 4 rings (SSSR count). The summed E-state index contributed by atoms with van der Waals surface area (Å²) >= 11 is 0. The average Bonchev–Trinajstić information content (AvgIpc) is 3.07. The third-order valence-corrected chi connectivity index (χ3v) is 4.25. The lowest BCUT2D eigenvalue weighted by molar-refractivity contribution is 0.493. The molecule has 0 saturated heterocycles. The van der Waals surface area contributed by atoms with E-state index >= 15 is 0 Å². The van der Waals surface area contributed by atoms with Crippen molar-refractivity contribution >= 4 is 32.2 Å². The second-order valence-electron chi connectivity index (χ2n) is 5.59. The zero-order valence-corrected chi connectivity index (χ0v) is 13.8. The van der Waals surface area contributed by atoms with Gasteiger partial charge in [-0.15, -0.1) is 0 Å². The molecule has 8 heteroatoms. The van der Waals surface area contributed by atoms with Gasteiger partial charge < -0.3 is 13.7 Å². The van der Waals surface area contributed by atoms with Crippen molar-refractivity contribution in [1.82, 2.24) is 19.5 Å². The van der Waals surface area contributed by atoms with Gasteiger partial charge in [0.15, 0.2) is 5.65 Å². The van der Waals surface area contributed by atoms with E-state index in [1.165, 1.54) is 0 Å². The Labute approximate surface area is 138 Å². The number of aromatic amines is 1. The number of fused-ring (bicyclic) bond motifs is 2. The van der Waals surface area contributed by atoms with Crippen LogP contribution in [0.3, 0.4) is 0 Å². The molecule has 0 amide bonds. The van der Waals surface area contributed by atoms with Crippen molar-refractivity contribution in [3.63, 3.8) is 0 Å². The SMILES string of the molecule is Cn1cc(-c2cc3nccnc3[nH]2)c2cc(OS(C)(=O)=O)ccc21. The Morgan fingerprint density at radius 1 is 1.17 bits per heavy atom. The maximum Gasteiger partial charge on any atom is 0.306 e. The first-order valence-electron chi connectivity index (χ1n) is 7.19. The van der Waals surface area contributed by atoms with E-state index in [2.05, 4.69) is 15.0 Å². The highest BCUT2D eigenvalue weighted by Crippen LogP contribution is 2.33. The zero-order chi connectivity index (χ0) is 16.9. The van der Waals surface area contributed by atoms with Gasteiger partial charge in [0, 0.05) is 42.1 Å². The summed E-state index contributed by atoms with van der Waals surface area (Å²) in [7, 11) is -1.64. The third kappa shape index (κ3) is 2.50. The number of benzene rings is 1. The first kappa shape index (κ1) is 14.7. The highest BCUT2D eigenvalue weighted by molar-refractivity contribution is 7.86. The van der Waals surface area contributed by atoms with Crippen molar-refractivity contribution in [1.29, 1.82) is 0 Å². The van der Waals surface area contributed by atoms with Crippen LogP contribution in [-0.4, -0.2) is 34.2 Å². The number of aromatic nitrogens is 4. The maximum atomic E-state index is 11.4. The summed E-state index contributed by atoms with van der Waals surface area (Å²) in [6, 6.07) is 7.11. The summed E-state index contributed by atoms with van der Waals surface area (Å²) in [6.07, 6.45) is 6.27. The topological polar surface area (TPSA) is 89.9 Å². The van der Waals surface area contributed by atoms with Crippen molar-refractivity contribution in [3.8, 4) is 17.0 Å². The van der Waals surface area contributed by atoms with Gasteiger partial charge in [-0.1, -0.05) is 0 Å². The largest absolute Gasteiger partial charge is 0.383 e. The number of hydrogen-bond acceptors (Lipinski definition) is 5. The van der Waals surface area contributed by atoms with Gasteiger partial charge in [0.1, 0.15) is 11.3 Å². The molecule has 3 aromatic heterocycles. The van der Waals surface area contributed by atoms with Crippen molar-refractivity contribution in [3.05, 3.63) is 42.9 Å². The third-order valence-electron chi connectivity index (χ3n) is 3.76. The minimum atomic E-state index is -3.57. The van der Waals surface area contributed by atoms with Gasteiger partial charge in [0.25, 0.3) is 0 Å². The molecule has 0 radical (unpaired) electrons. The summed E-state index contributed by atoms with van der Waals surface area (Å²) < 4.78 is 29.7. The fourth-order valence-corrected chi connectivity index (χ4v) is 3.26. The molecule has 24 heavy (non-hydrogen) atoms. The summed E-state index contributed by atoms with van der Waals surface area (Å²) in [6.45, 7) is 0. The Morgan fingerprint density at radius 2 is 1.96 bits per heavy atom. The van der Waals surface area contributed by atoms with E-state index < -0.39 is 10.1 Å². The molecule has 0 bridgehead atoms. The molecule has 1 aromatic carbocycles. The van der Waals surface area contributed by atoms with E-state index in [9.17, 15) is 8.42 Å². The number of nitrogens with zero attached hydrogens (tertiary/aromatic N) is 3. The van der Waals surface area contributed by atoms with E-state index in [0.29, 0.717) is 5.65 Å². The second kappa shape index (κ2) is 5.07. The van der Waals surface area contributed by atoms with E-state index in [0.717, 1.165) is 33.9 Å². The van der Waals surface area contributed by atoms with E-state index in [-0.39, 0.29) is 5.75 Å². The summed E-state index contributed by atoms with van der Waals surface area (Å²) in [5.74, 6) is 0.282. The molecule has 0 unspecified atom stereocenters. The predicted molar refractivity (Wildman–Crippen MR) is 91.3 cm³/mol. The van der Waals surface area contributed by atoms with Crippen LogP contribution in [0.5, 0.6) is 5.75 Å². The molecule has 0 saturated carbocycles. The Hall–Kier alpha value is -2.87. The number of nitrogens with one attached hydrogen (secondary N) is 1. The predicted octanol–water partition coefficient (Wildman–Crippen LogP) is 2.46. The summed E-state index contributed by atoms with van der Waals surface area (Å²) in [4.78, 5) is 11.8. The Bertz CT molecular complexity index is 1140. The molecule has 0 atom stereocenters. The van der Waals surface area contributed by atoms with E-state index in [4.69, 9.17) is 4.18 Å². The fourth-order valence-electron chi connectivity index (χ4n) is 2.81. The van der Waals surface area contributed by atoms with Crippen LogP contribution in [0.2, 0.25) is 0 Å². The molecule has 0 aliphatic heterocycles. The van der Waals surface area contributed by atoms with Gasteiger partial charge >= 0.3 is 10.1 Å². The van der Waals surface area contributed by atoms with E-state index in [1.54, 1.807) is 24.5 Å². The second-order valence-corrected chi connectivity index (χ2v) is 7.17. The van der Waals surface area contributed by atoms with Gasteiger partial charge in [-0.3, -0.25) is 4.98 Å². The minimum Gasteiger partial charge on any atom is -0.383 e. The summed E-state index contributed by atoms with van der Waals surface area (Å²) in [5.41, 5.74) is 4.22. The van der Waals surface area contributed by atoms with Crippen molar-refractivity contribution in [2.24, 2.45) is 7.05 Å². The number of hydrogen-bond donors (Lipinski definition) is 1. The molecule has 122 valence electrons. The Balaban J connectivity index is 1.92. The first-order valence-corrected chi connectivity index (χ1v) is 9.01. The average molecular weight is 342 g/mol. The quantitative estimate of drug-likeness (QED) is 0.578. The lowest BCUT2D eigenvalue weighted by atomic mass is 10.1. The highest BCUT2D eigenvalue weighted by atomic mass is 32.2. The Morgan fingerprint density at radius 3 is 2.71 bits per heavy atom. The molecule has 0 spiro atoms. The smallest absolute Gasteiger partial charge is 0.306 e. The molecule has 4 aromatic rings. The van der Waals surface area contributed by atoms with Crippen LogP contribution in [-0.2, 0) is 17.2 Å². The first-order chi connectivity index (χ1) is 11.4. The van der Waals surface area contributed by atoms with Gasteiger partial charge in [-0.05, 0) is 24.3 Å². The highest BCUT2D eigenvalue weighted by Gasteiger charge is 2.14. The van der Waals surface area contributed by atoms with Crippen LogP contribution in [0.25, 0.3) is 33.3 Å². The van der Waals surface area contributed by atoms with Crippen LogP contribution in [0, 0.1) is 0 Å². The van der Waals surface area contributed by atoms with Crippen LogP contribution in [0.1, 0.15) is 0 Å². The number of H-pyrrole nitrogens is 1. The minimum absolute atomic E-state index is 0.282. The lowest BCUT2D eigenvalue weighted by Crippen LogP contribution is -2.05. The number of aryl methyl sites for hydroxylation is 1. The number of rotatable bonds is 3. The molecule has 0 aliphatic carbocycles. The van der Waals surface area contributed by atoms with Crippen LogP contribution in [0.4, 0.5) is 0 Å². The van der Waals surface area contributed by atoms with Crippen molar-refractivity contribution < 1.29 is 12.6 Å². The van der Waals surface area contributed by atoms with Gasteiger partial charge in [-0.25, -0.2) is 4.98 Å². The molecular weight excluding hydrogens is 328 g/mol. The zero-order valence-electron chi connectivity index (χ0n) is 13.0. The van der Waals surface area contributed by atoms with E-state index in [1.807, 2.05) is 29.9 Å². The monoisotopic (exact) mass is 342 g/mol. The molecule has 0 aliphatic rings. The van der Waals surface area contributed by atoms with Crippen LogP contribution in [0.15, 0.2) is 42.9 Å².